The normalized spacial score (nSPS) is 15.2. The number of benzene rings is 2. The molecule has 0 spiro atoms. The minimum Gasteiger partial charge on any atom is -0.435 e. The number of H-pyrrole nitrogens is 1. The van der Waals surface area contributed by atoms with Crippen LogP contribution in [0.2, 0.25) is 0 Å². The first kappa shape index (κ1) is 23.2. The van der Waals surface area contributed by atoms with Gasteiger partial charge < -0.3 is 9.72 Å². The molecule has 0 amide bonds. The highest BCUT2D eigenvalue weighted by Gasteiger charge is 2.43. The van der Waals surface area contributed by atoms with Crippen LogP contribution in [0.15, 0.2) is 72.0 Å². The van der Waals surface area contributed by atoms with Gasteiger partial charge in [-0.05, 0) is 24.3 Å². The summed E-state index contributed by atoms with van der Waals surface area (Å²) in [5.74, 6) is 0.266. The fraction of sp³-hybridized carbons (Fsp3) is 0.185. The van der Waals surface area contributed by atoms with Gasteiger partial charge in [0.15, 0.2) is 27.1 Å². The molecule has 3 aromatic heterocycles. The number of ether oxygens (including phenoxy) is 1. The molecular weight excluding hydrogens is 493 g/mol. The zero-order valence-corrected chi connectivity index (χ0v) is 21.0. The number of imidazole rings is 1. The lowest BCUT2D eigenvalue weighted by molar-refractivity contribution is 0.353. The lowest BCUT2D eigenvalue weighted by Crippen LogP contribution is -2.32. The van der Waals surface area contributed by atoms with Gasteiger partial charge in [0.1, 0.15) is 17.7 Å². The fourth-order valence-electron chi connectivity index (χ4n) is 4.89. The highest BCUT2D eigenvalue weighted by atomic mass is 32.2. The number of rotatable bonds is 4. The minimum absolute atomic E-state index is 0.126. The first-order valence-corrected chi connectivity index (χ1v) is 13.5. The second-order valence-corrected chi connectivity index (χ2v) is 11.7. The first-order valence-electron chi connectivity index (χ1n) is 11.6. The third-order valence-electron chi connectivity index (χ3n) is 6.78. The van der Waals surface area contributed by atoms with Crippen LogP contribution in [-0.2, 0) is 15.3 Å². The number of hydrogen-bond acceptors (Lipinski definition) is 7. The maximum atomic E-state index is 15.0. The van der Waals surface area contributed by atoms with Crippen molar-refractivity contribution in [2.45, 2.75) is 30.1 Å². The maximum Gasteiger partial charge on any atom is 0.223 e. The smallest absolute Gasteiger partial charge is 0.223 e. The standard InChI is InChI=1S/C27H22FN5O3S/c1-27(2,26-32-21-13-29-14-30-24(21)33-26)22-17-5-4-6-19(28)23(17)36-25-18(22)11-12-20(31-25)15-7-9-16(10-8-15)37(3,34)35/h4-14,22H,1-3H3,(H,29,30,32,33)/t22-/m0/s1. The van der Waals surface area contributed by atoms with E-state index in [0.29, 0.717) is 33.8 Å². The maximum absolute atomic E-state index is 15.0. The third-order valence-corrected chi connectivity index (χ3v) is 7.91. The number of aromatic amines is 1. The number of fused-ring (bicyclic) bond motifs is 3. The Morgan fingerprint density at radius 3 is 2.51 bits per heavy atom. The van der Waals surface area contributed by atoms with E-state index in [-0.39, 0.29) is 22.4 Å². The molecule has 0 radical (unpaired) electrons. The van der Waals surface area contributed by atoms with E-state index in [9.17, 15) is 8.42 Å². The summed E-state index contributed by atoms with van der Waals surface area (Å²) in [6.45, 7) is 4.06. The summed E-state index contributed by atoms with van der Waals surface area (Å²) in [5.41, 5.74) is 3.39. The summed E-state index contributed by atoms with van der Waals surface area (Å²) >= 11 is 0. The Bertz CT molecular complexity index is 1750. The molecular formula is C27H22FN5O3S. The van der Waals surface area contributed by atoms with E-state index >= 15 is 4.39 Å². The number of aromatic nitrogens is 5. The van der Waals surface area contributed by atoms with Crippen LogP contribution in [0.1, 0.15) is 36.7 Å². The van der Waals surface area contributed by atoms with Gasteiger partial charge in [-0.25, -0.2) is 32.7 Å². The van der Waals surface area contributed by atoms with E-state index in [0.717, 1.165) is 11.8 Å². The second kappa shape index (κ2) is 8.17. The number of sulfone groups is 1. The quantitative estimate of drug-likeness (QED) is 0.351. The molecule has 0 saturated carbocycles. The van der Waals surface area contributed by atoms with Gasteiger partial charge in [0.2, 0.25) is 5.88 Å². The number of pyridine rings is 1. The van der Waals surface area contributed by atoms with Crippen molar-refractivity contribution in [3.8, 4) is 22.9 Å². The molecule has 186 valence electrons. The number of nitrogens with zero attached hydrogens (tertiary/aromatic N) is 4. The van der Waals surface area contributed by atoms with Crippen LogP contribution in [-0.4, -0.2) is 39.6 Å². The van der Waals surface area contributed by atoms with Gasteiger partial charge in [-0.1, -0.05) is 44.2 Å². The molecule has 37 heavy (non-hydrogen) atoms. The average molecular weight is 516 g/mol. The van der Waals surface area contributed by atoms with E-state index in [1.54, 1.807) is 24.4 Å². The summed E-state index contributed by atoms with van der Waals surface area (Å²) in [6, 6.07) is 15.1. The molecule has 4 heterocycles. The largest absolute Gasteiger partial charge is 0.435 e. The Hall–Kier alpha value is -4.18. The summed E-state index contributed by atoms with van der Waals surface area (Å²) in [6.07, 6.45) is 4.28. The zero-order valence-electron chi connectivity index (χ0n) is 20.2. The van der Waals surface area contributed by atoms with Gasteiger partial charge in [0.05, 0.1) is 16.8 Å². The summed E-state index contributed by atoms with van der Waals surface area (Å²) < 4.78 is 44.7. The van der Waals surface area contributed by atoms with Crippen LogP contribution in [0.25, 0.3) is 22.4 Å². The highest BCUT2D eigenvalue weighted by Crippen LogP contribution is 2.52. The minimum atomic E-state index is -3.32. The van der Waals surface area contributed by atoms with Crippen molar-refractivity contribution in [3.63, 3.8) is 0 Å². The monoisotopic (exact) mass is 515 g/mol. The predicted octanol–water partition coefficient (Wildman–Crippen LogP) is 5.17. The van der Waals surface area contributed by atoms with Crippen molar-refractivity contribution in [2.75, 3.05) is 6.26 Å². The van der Waals surface area contributed by atoms with Crippen LogP contribution in [0.4, 0.5) is 4.39 Å². The molecule has 0 fully saturated rings. The van der Waals surface area contributed by atoms with Crippen LogP contribution in [0.5, 0.6) is 11.6 Å². The Morgan fingerprint density at radius 2 is 1.78 bits per heavy atom. The molecule has 8 nitrogen and oxygen atoms in total. The van der Waals surface area contributed by atoms with Gasteiger partial charge in [-0.15, -0.1) is 0 Å². The zero-order chi connectivity index (χ0) is 25.9. The molecule has 1 atom stereocenters. The Balaban J connectivity index is 1.49. The van der Waals surface area contributed by atoms with E-state index in [1.165, 1.54) is 24.5 Å². The van der Waals surface area contributed by atoms with Gasteiger partial charge in [0.25, 0.3) is 0 Å². The van der Waals surface area contributed by atoms with Crippen molar-refractivity contribution >= 4 is 21.0 Å². The van der Waals surface area contributed by atoms with Gasteiger partial charge in [0, 0.05) is 34.3 Å². The first-order chi connectivity index (χ1) is 17.6. The molecule has 1 N–H and O–H groups in total. The Kier molecular flexibility index (Phi) is 5.13. The Morgan fingerprint density at radius 1 is 1.00 bits per heavy atom. The van der Waals surface area contributed by atoms with E-state index in [1.807, 2.05) is 32.0 Å². The molecule has 6 rings (SSSR count). The van der Waals surface area contributed by atoms with E-state index < -0.39 is 21.1 Å². The molecule has 10 heteroatoms. The molecule has 0 saturated heterocycles. The third kappa shape index (κ3) is 3.84. The van der Waals surface area contributed by atoms with Crippen molar-refractivity contribution in [1.29, 1.82) is 0 Å². The van der Waals surface area contributed by atoms with Crippen molar-refractivity contribution in [3.05, 3.63) is 89.9 Å². The summed E-state index contributed by atoms with van der Waals surface area (Å²) in [4.78, 5) is 21.3. The van der Waals surface area contributed by atoms with E-state index in [2.05, 4.69) is 15.0 Å². The van der Waals surface area contributed by atoms with Crippen LogP contribution in [0, 0.1) is 5.82 Å². The highest BCUT2D eigenvalue weighted by molar-refractivity contribution is 7.90. The van der Waals surface area contributed by atoms with Crippen molar-refractivity contribution in [1.82, 2.24) is 24.9 Å². The lowest BCUT2D eigenvalue weighted by atomic mass is 9.69. The van der Waals surface area contributed by atoms with Crippen LogP contribution >= 0.6 is 0 Å². The number of hydrogen-bond donors (Lipinski definition) is 1. The van der Waals surface area contributed by atoms with E-state index in [4.69, 9.17) is 14.7 Å². The number of nitrogens with one attached hydrogen (secondary N) is 1. The molecule has 1 aliphatic heterocycles. The van der Waals surface area contributed by atoms with Crippen LogP contribution in [0.3, 0.4) is 0 Å². The van der Waals surface area contributed by atoms with Crippen molar-refractivity contribution in [2.24, 2.45) is 0 Å². The Labute approximate surface area is 212 Å². The molecule has 2 aromatic carbocycles. The second-order valence-electron chi connectivity index (χ2n) is 9.65. The number of para-hydroxylation sites is 1. The SMILES string of the molecule is CC(C)(c1nc2ncncc2[nH]1)[C@@H]1c2ccc(-c3ccc(S(C)(=O)=O)cc3)nc2Oc2c(F)cccc21. The summed E-state index contributed by atoms with van der Waals surface area (Å²) in [7, 11) is -3.32. The summed E-state index contributed by atoms with van der Waals surface area (Å²) in [5, 5.41) is 0. The molecule has 1 aliphatic rings. The number of halogens is 1. The molecule has 0 bridgehead atoms. The lowest BCUT2D eigenvalue weighted by Gasteiger charge is -2.37. The molecule has 5 aromatic rings. The van der Waals surface area contributed by atoms with Crippen molar-refractivity contribution < 1.29 is 17.5 Å². The topological polar surface area (TPSA) is 111 Å². The van der Waals surface area contributed by atoms with Crippen LogP contribution < -0.4 is 4.74 Å². The van der Waals surface area contributed by atoms with Gasteiger partial charge in [-0.2, -0.15) is 0 Å². The molecule has 0 aliphatic carbocycles. The molecule has 0 unspecified atom stereocenters. The van der Waals surface area contributed by atoms with Gasteiger partial charge >= 0.3 is 0 Å². The fourth-order valence-corrected chi connectivity index (χ4v) is 5.52. The average Bonchev–Trinajstić information content (AvgIpc) is 3.32. The predicted molar refractivity (Wildman–Crippen MR) is 136 cm³/mol. The van der Waals surface area contributed by atoms with Gasteiger partial charge in [-0.3, -0.25) is 0 Å².